The van der Waals surface area contributed by atoms with Gasteiger partial charge in [-0.15, -0.1) is 0 Å². The molecule has 0 bridgehead atoms. The maximum atomic E-state index is 13.4. The molecule has 1 aromatic heterocycles. The number of carbonyl (C=O) groups excluding carboxylic acids is 3. The first kappa shape index (κ1) is 31.3. The Morgan fingerprint density at radius 1 is 0.854 bits per heavy atom. The van der Waals surface area contributed by atoms with Crippen molar-refractivity contribution in [2.45, 2.75) is 70.3 Å². The molecule has 41 heavy (non-hydrogen) atoms. The van der Waals surface area contributed by atoms with Crippen LogP contribution in [0, 0.1) is 5.92 Å². The third-order valence-electron chi connectivity index (χ3n) is 7.25. The Bertz CT molecular complexity index is 1340. The van der Waals surface area contributed by atoms with Crippen molar-refractivity contribution >= 4 is 34.6 Å². The van der Waals surface area contributed by atoms with E-state index in [0.29, 0.717) is 12.0 Å². The molecule has 0 aliphatic carbocycles. The first-order valence-electron chi connectivity index (χ1n) is 13.7. The number of carbonyl (C=O) groups is 4. The zero-order valence-corrected chi connectivity index (χ0v) is 23.5. The standard InChI is InChI=1S/C30H39N5O6/c1-4-17(2)25(31)28(38)33-23(14-19-10-6-5-7-11-19)27(37)35-26(18(3)36)29(39)34-24(30(40)41)15-20-16-32-22-13-9-8-12-21(20)22/h5-13,16-18,23-26,32,36H,4,14-15,31H2,1-3H3,(H,33,38)(H,34,39)(H,35,37)(H,40,41). The monoisotopic (exact) mass is 565 g/mol. The molecule has 0 aliphatic heterocycles. The molecular formula is C30H39N5O6. The molecule has 0 saturated carbocycles. The third-order valence-corrected chi connectivity index (χ3v) is 7.25. The number of nitrogens with one attached hydrogen (secondary N) is 4. The lowest BCUT2D eigenvalue weighted by Crippen LogP contribution is -2.60. The van der Waals surface area contributed by atoms with E-state index in [1.54, 1.807) is 30.5 Å². The molecule has 220 valence electrons. The number of hydrogen-bond donors (Lipinski definition) is 7. The first-order valence-corrected chi connectivity index (χ1v) is 13.7. The molecule has 6 atom stereocenters. The average Bonchev–Trinajstić information content (AvgIpc) is 3.37. The number of amides is 3. The Morgan fingerprint density at radius 2 is 1.49 bits per heavy atom. The molecule has 0 radical (unpaired) electrons. The number of aliphatic hydroxyl groups is 1. The maximum absolute atomic E-state index is 13.4. The van der Waals surface area contributed by atoms with Crippen molar-refractivity contribution in [2.75, 3.05) is 0 Å². The number of para-hydroxylation sites is 1. The van der Waals surface area contributed by atoms with Gasteiger partial charge in [-0.3, -0.25) is 14.4 Å². The Kier molecular flexibility index (Phi) is 11.0. The molecule has 11 nitrogen and oxygen atoms in total. The number of aliphatic carboxylic acids is 1. The van der Waals surface area contributed by atoms with Crippen LogP contribution in [-0.4, -0.2) is 69.2 Å². The fourth-order valence-corrected chi connectivity index (χ4v) is 4.48. The van der Waals surface area contributed by atoms with Crippen LogP contribution in [0.3, 0.4) is 0 Å². The largest absolute Gasteiger partial charge is 0.480 e. The van der Waals surface area contributed by atoms with Crippen LogP contribution in [0.15, 0.2) is 60.8 Å². The summed E-state index contributed by atoms with van der Waals surface area (Å²) in [6, 6.07) is 11.6. The predicted molar refractivity (Wildman–Crippen MR) is 155 cm³/mol. The summed E-state index contributed by atoms with van der Waals surface area (Å²) in [5, 5.41) is 28.7. The predicted octanol–water partition coefficient (Wildman–Crippen LogP) is 1.25. The average molecular weight is 566 g/mol. The highest BCUT2D eigenvalue weighted by Crippen LogP contribution is 2.19. The molecule has 0 spiro atoms. The van der Waals surface area contributed by atoms with E-state index in [4.69, 9.17) is 5.73 Å². The number of rotatable bonds is 14. The minimum Gasteiger partial charge on any atom is -0.480 e. The van der Waals surface area contributed by atoms with Gasteiger partial charge < -0.3 is 36.9 Å². The smallest absolute Gasteiger partial charge is 0.326 e. The third kappa shape index (κ3) is 8.38. The normalized spacial score (nSPS) is 15.6. The van der Waals surface area contributed by atoms with Crippen molar-refractivity contribution < 1.29 is 29.4 Å². The number of hydrogen-bond acceptors (Lipinski definition) is 6. The van der Waals surface area contributed by atoms with Crippen LogP contribution >= 0.6 is 0 Å². The number of nitrogens with two attached hydrogens (primary N) is 1. The quantitative estimate of drug-likeness (QED) is 0.153. The SMILES string of the molecule is CCC(C)C(N)C(=O)NC(Cc1ccccc1)C(=O)NC(C(=O)NC(Cc1c[nH]c2ccccc12)C(=O)O)C(C)O. The van der Waals surface area contributed by atoms with Gasteiger partial charge in [0.1, 0.15) is 18.1 Å². The molecule has 0 fully saturated rings. The van der Waals surface area contributed by atoms with Gasteiger partial charge in [0.2, 0.25) is 17.7 Å². The van der Waals surface area contributed by atoms with E-state index in [1.165, 1.54) is 6.92 Å². The van der Waals surface area contributed by atoms with E-state index < -0.39 is 54.0 Å². The van der Waals surface area contributed by atoms with Crippen LogP contribution in [0.4, 0.5) is 0 Å². The summed E-state index contributed by atoms with van der Waals surface area (Å²) in [5.74, 6) is -3.51. The molecule has 0 aliphatic rings. The molecule has 3 aromatic rings. The van der Waals surface area contributed by atoms with Gasteiger partial charge in [-0.05, 0) is 30.0 Å². The number of H-pyrrole nitrogens is 1. The second-order valence-corrected chi connectivity index (χ2v) is 10.4. The fourth-order valence-electron chi connectivity index (χ4n) is 4.48. The van der Waals surface area contributed by atoms with E-state index in [2.05, 4.69) is 20.9 Å². The Hall–Kier alpha value is -4.22. The van der Waals surface area contributed by atoms with Crippen LogP contribution in [0.5, 0.6) is 0 Å². The summed E-state index contributed by atoms with van der Waals surface area (Å²) in [6.45, 7) is 5.05. The van der Waals surface area contributed by atoms with Crippen LogP contribution in [0.25, 0.3) is 10.9 Å². The molecule has 6 unspecified atom stereocenters. The van der Waals surface area contributed by atoms with E-state index >= 15 is 0 Å². The summed E-state index contributed by atoms with van der Waals surface area (Å²) in [4.78, 5) is 54.6. The lowest BCUT2D eigenvalue weighted by atomic mass is 9.98. The number of carboxylic acid groups (broad SMARTS) is 1. The van der Waals surface area contributed by atoms with Crippen LogP contribution < -0.4 is 21.7 Å². The number of carboxylic acids is 1. The highest BCUT2D eigenvalue weighted by atomic mass is 16.4. The maximum Gasteiger partial charge on any atom is 0.326 e. The number of aromatic nitrogens is 1. The summed E-state index contributed by atoms with van der Waals surface area (Å²) in [7, 11) is 0. The Balaban J connectivity index is 1.76. The van der Waals surface area contributed by atoms with Crippen LogP contribution in [-0.2, 0) is 32.0 Å². The molecule has 11 heteroatoms. The molecule has 3 amide bonds. The van der Waals surface area contributed by atoms with Gasteiger partial charge in [0, 0.05) is 29.9 Å². The van der Waals surface area contributed by atoms with Gasteiger partial charge in [-0.25, -0.2) is 4.79 Å². The Morgan fingerprint density at radius 3 is 2.12 bits per heavy atom. The zero-order valence-electron chi connectivity index (χ0n) is 23.5. The van der Waals surface area contributed by atoms with Crippen molar-refractivity contribution in [1.82, 2.24) is 20.9 Å². The van der Waals surface area contributed by atoms with Gasteiger partial charge in [-0.2, -0.15) is 0 Å². The van der Waals surface area contributed by atoms with Gasteiger partial charge in [-0.1, -0.05) is 68.8 Å². The number of aromatic amines is 1. The second kappa shape index (κ2) is 14.4. The summed E-state index contributed by atoms with van der Waals surface area (Å²) < 4.78 is 0. The van der Waals surface area contributed by atoms with E-state index in [-0.39, 0.29) is 18.8 Å². The lowest BCUT2D eigenvalue weighted by molar-refractivity contribution is -0.143. The lowest BCUT2D eigenvalue weighted by Gasteiger charge is -2.27. The highest BCUT2D eigenvalue weighted by Gasteiger charge is 2.33. The van der Waals surface area contributed by atoms with Crippen molar-refractivity contribution in [3.8, 4) is 0 Å². The molecule has 1 heterocycles. The topological polar surface area (TPSA) is 187 Å². The van der Waals surface area contributed by atoms with Gasteiger partial charge >= 0.3 is 5.97 Å². The van der Waals surface area contributed by atoms with E-state index in [0.717, 1.165) is 16.5 Å². The minimum atomic E-state index is -1.48. The molecule has 8 N–H and O–H groups in total. The summed E-state index contributed by atoms with van der Waals surface area (Å²) >= 11 is 0. The second-order valence-electron chi connectivity index (χ2n) is 10.4. The van der Waals surface area contributed by atoms with Crippen LogP contribution in [0.1, 0.15) is 38.3 Å². The van der Waals surface area contributed by atoms with Gasteiger partial charge in [0.05, 0.1) is 12.1 Å². The van der Waals surface area contributed by atoms with Crippen molar-refractivity contribution in [3.05, 3.63) is 71.9 Å². The zero-order chi connectivity index (χ0) is 30.1. The highest BCUT2D eigenvalue weighted by molar-refractivity contribution is 5.95. The van der Waals surface area contributed by atoms with Crippen molar-refractivity contribution in [2.24, 2.45) is 11.7 Å². The Labute approximate surface area is 238 Å². The van der Waals surface area contributed by atoms with Gasteiger partial charge in [0.15, 0.2) is 0 Å². The van der Waals surface area contributed by atoms with E-state index in [1.807, 2.05) is 44.2 Å². The fraction of sp³-hybridized carbons (Fsp3) is 0.400. The molecule has 2 aromatic carbocycles. The molecule has 3 rings (SSSR count). The number of benzene rings is 2. The summed E-state index contributed by atoms with van der Waals surface area (Å²) in [6.07, 6.45) is 1.07. The van der Waals surface area contributed by atoms with Crippen LogP contribution in [0.2, 0.25) is 0 Å². The van der Waals surface area contributed by atoms with Crippen molar-refractivity contribution in [3.63, 3.8) is 0 Å². The van der Waals surface area contributed by atoms with Gasteiger partial charge in [0.25, 0.3) is 0 Å². The van der Waals surface area contributed by atoms with Crippen molar-refractivity contribution in [1.29, 1.82) is 0 Å². The number of aliphatic hydroxyl groups excluding tert-OH is 1. The first-order chi connectivity index (χ1) is 19.5. The van der Waals surface area contributed by atoms with E-state index in [9.17, 15) is 29.4 Å². The molecular weight excluding hydrogens is 526 g/mol. The summed E-state index contributed by atoms with van der Waals surface area (Å²) in [5.41, 5.74) is 8.35. The minimum absolute atomic E-state index is 0.0221. The number of fused-ring (bicyclic) bond motifs is 1. The molecule has 0 saturated heterocycles.